The molecule has 1 rings (SSSR count). The first-order valence-electron chi connectivity index (χ1n) is 3.37. The van der Waals surface area contributed by atoms with Gasteiger partial charge >= 0.3 is 7.12 Å². The van der Waals surface area contributed by atoms with Gasteiger partial charge in [-0.1, -0.05) is 36.5 Å². The molecule has 0 radical (unpaired) electrons. The zero-order valence-corrected chi connectivity index (χ0v) is 7.08. The summed E-state index contributed by atoms with van der Waals surface area (Å²) in [6, 6.07) is 6.44. The second-order valence-corrected chi connectivity index (χ2v) is 2.80. The number of thiocarbonyl (C=S) groups is 1. The maximum atomic E-state index is 8.74. The molecule has 5 heteroatoms. The van der Waals surface area contributed by atoms with E-state index in [1.807, 2.05) is 0 Å². The normalized spacial score (nSPS) is 9.50. The minimum Gasteiger partial charge on any atom is -0.423 e. The van der Waals surface area contributed by atoms with Gasteiger partial charge < -0.3 is 15.8 Å². The van der Waals surface area contributed by atoms with Gasteiger partial charge in [0.2, 0.25) is 0 Å². The summed E-state index contributed by atoms with van der Waals surface area (Å²) >= 11 is 4.72. The molecule has 0 aliphatic carbocycles. The number of nitrogens with two attached hydrogens (primary N) is 1. The van der Waals surface area contributed by atoms with Crippen LogP contribution >= 0.6 is 12.2 Å². The molecule has 0 unspecified atom stereocenters. The number of rotatable bonds is 2. The van der Waals surface area contributed by atoms with Gasteiger partial charge in [0.1, 0.15) is 4.99 Å². The predicted molar refractivity (Wildman–Crippen MR) is 52.2 cm³/mol. The monoisotopic (exact) mass is 181 g/mol. The standard InChI is InChI=1S/C7H8BNO2S/c9-7(12)5-1-3-6(4-2-5)8(10)11/h1-4,10-11H,(H2,9,12). The average molecular weight is 181 g/mol. The molecule has 0 atom stereocenters. The molecule has 0 saturated heterocycles. The van der Waals surface area contributed by atoms with Crippen molar-refractivity contribution in [1.29, 1.82) is 0 Å². The summed E-state index contributed by atoms with van der Waals surface area (Å²) < 4.78 is 0. The van der Waals surface area contributed by atoms with Crippen LogP contribution in [0.2, 0.25) is 0 Å². The molecule has 0 aliphatic rings. The van der Waals surface area contributed by atoms with Crippen LogP contribution in [0.5, 0.6) is 0 Å². The van der Waals surface area contributed by atoms with E-state index >= 15 is 0 Å². The number of benzene rings is 1. The fourth-order valence-electron chi connectivity index (χ4n) is 0.820. The SMILES string of the molecule is NC(=S)c1ccc(B(O)O)cc1. The fraction of sp³-hybridized carbons (Fsp3) is 0. The van der Waals surface area contributed by atoms with Crippen LogP contribution in [0.3, 0.4) is 0 Å². The van der Waals surface area contributed by atoms with Crippen LogP contribution in [0.4, 0.5) is 0 Å². The zero-order chi connectivity index (χ0) is 9.14. The number of hydrogen-bond acceptors (Lipinski definition) is 3. The van der Waals surface area contributed by atoms with Crippen molar-refractivity contribution in [3.05, 3.63) is 29.8 Å². The Labute approximate surface area is 76.0 Å². The molecule has 0 aliphatic heterocycles. The molecule has 0 bridgehead atoms. The first-order chi connectivity index (χ1) is 5.61. The maximum absolute atomic E-state index is 8.74. The van der Waals surface area contributed by atoms with Gasteiger partial charge in [-0.05, 0) is 5.46 Å². The second-order valence-electron chi connectivity index (χ2n) is 2.36. The Morgan fingerprint density at radius 2 is 1.75 bits per heavy atom. The van der Waals surface area contributed by atoms with Gasteiger partial charge in [0.05, 0.1) is 0 Å². The molecule has 0 amide bonds. The summed E-state index contributed by atoms with van der Waals surface area (Å²) in [6.07, 6.45) is 0. The molecular weight excluding hydrogens is 173 g/mol. The lowest BCUT2D eigenvalue weighted by Crippen LogP contribution is -2.29. The third kappa shape index (κ3) is 2.04. The third-order valence-corrected chi connectivity index (χ3v) is 1.73. The summed E-state index contributed by atoms with van der Waals surface area (Å²) in [6.45, 7) is 0. The van der Waals surface area contributed by atoms with Crippen molar-refractivity contribution in [3.8, 4) is 0 Å². The largest absolute Gasteiger partial charge is 0.488 e. The van der Waals surface area contributed by atoms with Crippen LogP contribution in [-0.2, 0) is 0 Å². The van der Waals surface area contributed by atoms with Crippen LogP contribution in [0.15, 0.2) is 24.3 Å². The highest BCUT2D eigenvalue weighted by Crippen LogP contribution is 1.96. The number of hydrogen-bond donors (Lipinski definition) is 3. The van der Waals surface area contributed by atoms with Gasteiger partial charge in [0.15, 0.2) is 0 Å². The van der Waals surface area contributed by atoms with Gasteiger partial charge in [-0.2, -0.15) is 0 Å². The molecule has 1 aromatic rings. The van der Waals surface area contributed by atoms with Crippen molar-refractivity contribution >= 4 is 29.8 Å². The minimum atomic E-state index is -1.44. The Kier molecular flexibility index (Phi) is 2.81. The first-order valence-corrected chi connectivity index (χ1v) is 3.78. The molecule has 3 nitrogen and oxygen atoms in total. The summed E-state index contributed by atoms with van der Waals surface area (Å²) in [7, 11) is -1.44. The fourth-order valence-corrected chi connectivity index (χ4v) is 0.956. The minimum absolute atomic E-state index is 0.300. The lowest BCUT2D eigenvalue weighted by Gasteiger charge is -2.00. The highest BCUT2D eigenvalue weighted by Gasteiger charge is 2.09. The zero-order valence-electron chi connectivity index (χ0n) is 6.27. The van der Waals surface area contributed by atoms with E-state index in [1.54, 1.807) is 24.3 Å². The van der Waals surface area contributed by atoms with Crippen LogP contribution in [0, 0.1) is 0 Å². The maximum Gasteiger partial charge on any atom is 0.488 e. The first kappa shape index (κ1) is 9.19. The average Bonchev–Trinajstić information content (AvgIpc) is 2.04. The lowest BCUT2D eigenvalue weighted by molar-refractivity contribution is 0.426. The Morgan fingerprint density at radius 3 is 2.08 bits per heavy atom. The summed E-state index contributed by atoms with van der Waals surface area (Å²) in [5.41, 5.74) is 6.49. The summed E-state index contributed by atoms with van der Waals surface area (Å²) in [4.78, 5) is 0.300. The van der Waals surface area contributed by atoms with E-state index < -0.39 is 7.12 Å². The van der Waals surface area contributed by atoms with Crippen LogP contribution in [0.25, 0.3) is 0 Å². The molecule has 4 N–H and O–H groups in total. The van der Waals surface area contributed by atoms with Crippen molar-refractivity contribution in [2.45, 2.75) is 0 Å². The van der Waals surface area contributed by atoms with Crippen LogP contribution < -0.4 is 11.2 Å². The van der Waals surface area contributed by atoms with Gasteiger partial charge in [-0.3, -0.25) is 0 Å². The Balaban J connectivity index is 2.93. The Morgan fingerprint density at radius 1 is 1.25 bits per heavy atom. The smallest absolute Gasteiger partial charge is 0.423 e. The molecule has 0 aromatic heterocycles. The molecule has 0 spiro atoms. The van der Waals surface area contributed by atoms with E-state index in [-0.39, 0.29) is 0 Å². The van der Waals surface area contributed by atoms with E-state index in [0.29, 0.717) is 10.5 Å². The van der Waals surface area contributed by atoms with Crippen molar-refractivity contribution < 1.29 is 10.0 Å². The van der Waals surface area contributed by atoms with Crippen LogP contribution in [-0.4, -0.2) is 22.2 Å². The van der Waals surface area contributed by atoms with Crippen molar-refractivity contribution in [3.63, 3.8) is 0 Å². The topological polar surface area (TPSA) is 66.5 Å². The lowest BCUT2D eigenvalue weighted by atomic mass is 9.80. The molecule has 0 saturated carbocycles. The predicted octanol–water partition coefficient (Wildman–Crippen LogP) is -0.999. The second kappa shape index (κ2) is 3.66. The van der Waals surface area contributed by atoms with E-state index in [0.717, 1.165) is 5.56 Å². The molecule has 12 heavy (non-hydrogen) atoms. The Bertz CT molecular complexity index is 286. The van der Waals surface area contributed by atoms with E-state index in [4.69, 9.17) is 28.0 Å². The van der Waals surface area contributed by atoms with E-state index in [1.165, 1.54) is 0 Å². The molecular formula is C7H8BNO2S. The van der Waals surface area contributed by atoms with Gasteiger partial charge in [-0.25, -0.2) is 0 Å². The summed E-state index contributed by atoms with van der Waals surface area (Å²) in [5, 5.41) is 17.5. The molecule has 0 heterocycles. The van der Waals surface area contributed by atoms with Gasteiger partial charge in [0.25, 0.3) is 0 Å². The quantitative estimate of drug-likeness (QED) is 0.404. The third-order valence-electron chi connectivity index (χ3n) is 1.49. The Hall–Kier alpha value is -0.905. The van der Waals surface area contributed by atoms with Crippen molar-refractivity contribution in [2.75, 3.05) is 0 Å². The summed E-state index contributed by atoms with van der Waals surface area (Å²) in [5.74, 6) is 0. The molecule has 62 valence electrons. The highest BCUT2D eigenvalue weighted by atomic mass is 32.1. The van der Waals surface area contributed by atoms with Gasteiger partial charge in [0, 0.05) is 5.56 Å². The van der Waals surface area contributed by atoms with Crippen molar-refractivity contribution in [1.82, 2.24) is 0 Å². The molecule has 1 aromatic carbocycles. The highest BCUT2D eigenvalue weighted by molar-refractivity contribution is 7.80. The van der Waals surface area contributed by atoms with Gasteiger partial charge in [-0.15, -0.1) is 0 Å². The molecule has 0 fully saturated rings. The van der Waals surface area contributed by atoms with Crippen LogP contribution in [0.1, 0.15) is 5.56 Å². The van der Waals surface area contributed by atoms with E-state index in [9.17, 15) is 0 Å². The van der Waals surface area contributed by atoms with Crippen molar-refractivity contribution in [2.24, 2.45) is 5.73 Å². The van der Waals surface area contributed by atoms with E-state index in [2.05, 4.69) is 0 Å².